The molecule has 2 N–H and O–H groups in total. The summed E-state index contributed by atoms with van der Waals surface area (Å²) in [7, 11) is 0. The first-order valence-electron chi connectivity index (χ1n) is 4.32. The summed E-state index contributed by atoms with van der Waals surface area (Å²) in [6.45, 7) is 1.65. The molecular formula is C10H8N2O3. The zero-order valence-electron chi connectivity index (χ0n) is 7.94. The lowest BCUT2D eigenvalue weighted by molar-refractivity contribution is 0.0697. The molecule has 5 heteroatoms. The summed E-state index contributed by atoms with van der Waals surface area (Å²) in [6.07, 6.45) is 0. The highest BCUT2D eigenvalue weighted by atomic mass is 16.4. The number of nitrogens with zero attached hydrogens (tertiary/aromatic N) is 1. The highest BCUT2D eigenvalue weighted by Crippen LogP contribution is 2.10. The monoisotopic (exact) mass is 204 g/mol. The van der Waals surface area contributed by atoms with E-state index in [2.05, 4.69) is 9.97 Å². The summed E-state index contributed by atoms with van der Waals surface area (Å²) in [5.74, 6) is -0.563. The van der Waals surface area contributed by atoms with Crippen molar-refractivity contribution < 1.29 is 9.90 Å². The number of rotatable bonds is 1. The molecule has 0 saturated heterocycles. The van der Waals surface area contributed by atoms with Gasteiger partial charge in [0.2, 0.25) is 0 Å². The van der Waals surface area contributed by atoms with E-state index in [-0.39, 0.29) is 11.1 Å². The number of hydrogen-bond donors (Lipinski definition) is 2. The van der Waals surface area contributed by atoms with Gasteiger partial charge in [0.15, 0.2) is 0 Å². The minimum Gasteiger partial charge on any atom is -0.478 e. The molecule has 5 nitrogen and oxygen atoms in total. The van der Waals surface area contributed by atoms with Gasteiger partial charge < -0.3 is 10.1 Å². The van der Waals surface area contributed by atoms with Crippen LogP contribution in [0.2, 0.25) is 0 Å². The number of aromatic amines is 1. The molecule has 76 valence electrons. The van der Waals surface area contributed by atoms with Crippen LogP contribution in [0.25, 0.3) is 10.9 Å². The van der Waals surface area contributed by atoms with E-state index in [1.807, 2.05) is 0 Å². The lowest BCUT2D eigenvalue weighted by atomic mass is 10.1. The fourth-order valence-corrected chi connectivity index (χ4v) is 1.39. The van der Waals surface area contributed by atoms with Gasteiger partial charge in [0.1, 0.15) is 5.82 Å². The molecule has 0 aliphatic rings. The summed E-state index contributed by atoms with van der Waals surface area (Å²) in [5, 5.41) is 9.16. The van der Waals surface area contributed by atoms with Crippen molar-refractivity contribution in [2.24, 2.45) is 0 Å². The standard InChI is InChI=1S/C10H8N2O3/c1-5-11-8-4-6(10(14)15)2-3-7(8)9(13)12-5/h2-4H,1H3,(H,14,15)(H,11,12,13). The van der Waals surface area contributed by atoms with Gasteiger partial charge in [-0.05, 0) is 25.1 Å². The van der Waals surface area contributed by atoms with Gasteiger partial charge in [0.25, 0.3) is 5.56 Å². The molecule has 0 radical (unpaired) electrons. The Morgan fingerprint density at radius 1 is 1.47 bits per heavy atom. The molecule has 1 aromatic carbocycles. The van der Waals surface area contributed by atoms with Crippen molar-refractivity contribution in [2.75, 3.05) is 0 Å². The minimum absolute atomic E-state index is 0.125. The smallest absolute Gasteiger partial charge is 0.335 e. The van der Waals surface area contributed by atoms with Gasteiger partial charge in [-0.1, -0.05) is 0 Å². The maximum atomic E-state index is 11.4. The normalized spacial score (nSPS) is 10.5. The number of nitrogens with one attached hydrogen (secondary N) is 1. The Hall–Kier alpha value is -2.17. The van der Waals surface area contributed by atoms with Crippen LogP contribution in [0.5, 0.6) is 0 Å². The molecule has 0 saturated carbocycles. The first-order valence-corrected chi connectivity index (χ1v) is 4.32. The van der Waals surface area contributed by atoms with Crippen molar-refractivity contribution in [2.45, 2.75) is 6.92 Å². The number of fused-ring (bicyclic) bond motifs is 1. The predicted molar refractivity (Wildman–Crippen MR) is 54.1 cm³/mol. The molecule has 0 bridgehead atoms. The Bertz CT molecular complexity index is 601. The third-order valence-corrected chi connectivity index (χ3v) is 2.07. The lowest BCUT2D eigenvalue weighted by Crippen LogP contribution is -2.10. The van der Waals surface area contributed by atoms with Gasteiger partial charge in [-0.25, -0.2) is 9.78 Å². The second kappa shape index (κ2) is 3.20. The van der Waals surface area contributed by atoms with Crippen LogP contribution in [0, 0.1) is 6.92 Å². The van der Waals surface area contributed by atoms with E-state index in [1.165, 1.54) is 18.2 Å². The van der Waals surface area contributed by atoms with Crippen LogP contribution < -0.4 is 5.56 Å². The highest BCUT2D eigenvalue weighted by Gasteiger charge is 2.06. The van der Waals surface area contributed by atoms with Gasteiger partial charge in [-0.3, -0.25) is 4.79 Å². The van der Waals surface area contributed by atoms with E-state index >= 15 is 0 Å². The molecule has 0 unspecified atom stereocenters. The number of aromatic carboxylic acids is 1. The van der Waals surface area contributed by atoms with Gasteiger partial charge in [-0.2, -0.15) is 0 Å². The van der Waals surface area contributed by atoms with E-state index < -0.39 is 5.97 Å². The van der Waals surface area contributed by atoms with Gasteiger partial charge in [0, 0.05) is 0 Å². The molecule has 1 heterocycles. The Kier molecular flexibility index (Phi) is 2.00. The Balaban J connectivity index is 2.82. The zero-order valence-corrected chi connectivity index (χ0v) is 7.94. The average molecular weight is 204 g/mol. The van der Waals surface area contributed by atoms with Crippen molar-refractivity contribution >= 4 is 16.9 Å². The SMILES string of the molecule is Cc1nc2cc(C(=O)O)ccc2c(=O)[nH]1. The zero-order chi connectivity index (χ0) is 11.0. The van der Waals surface area contributed by atoms with Crippen molar-refractivity contribution in [3.05, 3.63) is 39.9 Å². The number of aromatic nitrogens is 2. The van der Waals surface area contributed by atoms with Crippen LogP contribution >= 0.6 is 0 Å². The van der Waals surface area contributed by atoms with Crippen LogP contribution in [-0.4, -0.2) is 21.0 Å². The molecule has 0 aliphatic carbocycles. The molecule has 0 spiro atoms. The molecule has 15 heavy (non-hydrogen) atoms. The third-order valence-electron chi connectivity index (χ3n) is 2.07. The summed E-state index contributed by atoms with van der Waals surface area (Å²) in [4.78, 5) is 28.7. The van der Waals surface area contributed by atoms with Crippen molar-refractivity contribution in [1.82, 2.24) is 9.97 Å². The summed E-state index contributed by atoms with van der Waals surface area (Å²) < 4.78 is 0. The van der Waals surface area contributed by atoms with Crippen molar-refractivity contribution in [1.29, 1.82) is 0 Å². The number of carboxylic acids is 1. The average Bonchev–Trinajstić information content (AvgIpc) is 2.16. The van der Waals surface area contributed by atoms with Crippen molar-refractivity contribution in [3.8, 4) is 0 Å². The highest BCUT2D eigenvalue weighted by molar-refractivity contribution is 5.92. The number of carboxylic acid groups (broad SMARTS) is 1. The van der Waals surface area contributed by atoms with Crippen molar-refractivity contribution in [3.63, 3.8) is 0 Å². The van der Waals surface area contributed by atoms with E-state index in [9.17, 15) is 9.59 Å². The maximum Gasteiger partial charge on any atom is 0.335 e. The molecule has 2 aromatic rings. The summed E-state index contributed by atoms with van der Waals surface area (Å²) in [5.41, 5.74) is 0.269. The Morgan fingerprint density at radius 3 is 2.87 bits per heavy atom. The van der Waals surface area contributed by atoms with Crippen LogP contribution in [0.3, 0.4) is 0 Å². The Morgan fingerprint density at radius 2 is 2.20 bits per heavy atom. The van der Waals surface area contributed by atoms with Crippen LogP contribution in [0.15, 0.2) is 23.0 Å². The molecule has 2 rings (SSSR count). The first-order chi connectivity index (χ1) is 7.08. The molecule has 0 amide bonds. The lowest BCUT2D eigenvalue weighted by Gasteiger charge is -1.99. The number of H-pyrrole nitrogens is 1. The molecule has 0 atom stereocenters. The van der Waals surface area contributed by atoms with Gasteiger partial charge in [-0.15, -0.1) is 0 Å². The molecule has 1 aromatic heterocycles. The largest absolute Gasteiger partial charge is 0.478 e. The maximum absolute atomic E-state index is 11.4. The fourth-order valence-electron chi connectivity index (χ4n) is 1.39. The summed E-state index contributed by atoms with van der Waals surface area (Å²) >= 11 is 0. The van der Waals surface area contributed by atoms with Crippen LogP contribution in [-0.2, 0) is 0 Å². The van der Waals surface area contributed by atoms with E-state index in [0.29, 0.717) is 16.7 Å². The number of benzene rings is 1. The number of aryl methyl sites for hydroxylation is 1. The van der Waals surface area contributed by atoms with E-state index in [0.717, 1.165) is 0 Å². The topological polar surface area (TPSA) is 83.0 Å². The fraction of sp³-hybridized carbons (Fsp3) is 0.100. The minimum atomic E-state index is -1.03. The first kappa shape index (κ1) is 9.39. The molecule has 0 fully saturated rings. The summed E-state index contributed by atoms with van der Waals surface area (Å²) in [6, 6.07) is 4.24. The number of carbonyl (C=O) groups is 1. The Labute approximate surface area is 84.4 Å². The third kappa shape index (κ3) is 1.59. The van der Waals surface area contributed by atoms with E-state index in [4.69, 9.17) is 5.11 Å². The van der Waals surface area contributed by atoms with Gasteiger partial charge in [0.05, 0.1) is 16.5 Å². The predicted octanol–water partition coefficient (Wildman–Crippen LogP) is 0.930. The second-order valence-electron chi connectivity index (χ2n) is 3.19. The quantitative estimate of drug-likeness (QED) is 0.723. The number of hydrogen-bond acceptors (Lipinski definition) is 3. The van der Waals surface area contributed by atoms with Crippen LogP contribution in [0.4, 0.5) is 0 Å². The molecule has 0 aliphatic heterocycles. The molecular weight excluding hydrogens is 196 g/mol. The van der Waals surface area contributed by atoms with Crippen LogP contribution in [0.1, 0.15) is 16.2 Å². The second-order valence-corrected chi connectivity index (χ2v) is 3.19. The van der Waals surface area contributed by atoms with Gasteiger partial charge >= 0.3 is 5.97 Å². The van der Waals surface area contributed by atoms with E-state index in [1.54, 1.807) is 6.92 Å².